The van der Waals surface area contributed by atoms with Crippen molar-refractivity contribution in [3.05, 3.63) is 59.7 Å². The zero-order chi connectivity index (χ0) is 34.7. The van der Waals surface area contributed by atoms with Gasteiger partial charge in [0.05, 0.1) is 18.5 Å². The third kappa shape index (κ3) is 14.8. The van der Waals surface area contributed by atoms with Crippen LogP contribution in [0.5, 0.6) is 0 Å². The van der Waals surface area contributed by atoms with Crippen LogP contribution in [0.4, 0.5) is 0 Å². The molecule has 9 heteroatoms. The first-order chi connectivity index (χ1) is 21.5. The van der Waals surface area contributed by atoms with Crippen molar-refractivity contribution in [3.8, 4) is 11.1 Å². The molecule has 1 heterocycles. The number of ether oxygens (including phenoxy) is 1. The average molecular weight is 690 g/mol. The quantitative estimate of drug-likeness (QED) is 0.261. The molecule has 2 aliphatic carbocycles. The van der Waals surface area contributed by atoms with Crippen molar-refractivity contribution < 1.29 is 22.8 Å². The molecule has 1 aliphatic heterocycles. The van der Waals surface area contributed by atoms with E-state index in [2.05, 4.69) is 80.9 Å². The van der Waals surface area contributed by atoms with E-state index >= 15 is 0 Å². The number of hydrogen-bond acceptors (Lipinski definition) is 6. The number of rotatable bonds is 6. The van der Waals surface area contributed by atoms with Gasteiger partial charge in [0.25, 0.3) is 0 Å². The number of carbonyl (C=O) groups is 1. The first-order valence-electron chi connectivity index (χ1n) is 16.8. The maximum Gasteiger partial charge on any atom is 0.225 e. The highest BCUT2D eigenvalue weighted by Gasteiger charge is 2.35. The molecule has 1 saturated carbocycles. The van der Waals surface area contributed by atoms with Gasteiger partial charge < -0.3 is 14.5 Å². The Morgan fingerprint density at radius 1 is 0.833 bits per heavy atom. The summed E-state index contributed by atoms with van der Waals surface area (Å²) < 4.78 is 29.9. The Labute approximate surface area is 294 Å². The van der Waals surface area contributed by atoms with E-state index in [1.54, 1.807) is 0 Å². The summed E-state index contributed by atoms with van der Waals surface area (Å²) in [5.41, 5.74) is 6.21. The highest BCUT2D eigenvalue weighted by atomic mass is 32.2. The Morgan fingerprint density at radius 3 is 1.58 bits per heavy atom. The largest absolute Gasteiger partial charge is 0.393 e. The van der Waals surface area contributed by atoms with Gasteiger partial charge in [-0.3, -0.25) is 4.79 Å². The number of sulfonamides is 1. The molecule has 2 aromatic rings. The van der Waals surface area contributed by atoms with Crippen molar-refractivity contribution in [2.45, 2.75) is 121 Å². The molecule has 48 heavy (non-hydrogen) atoms. The lowest BCUT2D eigenvalue weighted by Gasteiger charge is -2.28. The highest BCUT2D eigenvalue weighted by molar-refractivity contribution is 7.90. The Morgan fingerprint density at radius 2 is 1.25 bits per heavy atom. The second-order valence-corrected chi connectivity index (χ2v) is 16.3. The van der Waals surface area contributed by atoms with Crippen LogP contribution in [0.15, 0.2) is 53.7 Å². The minimum atomic E-state index is -2.94. The number of amides is 1. The monoisotopic (exact) mass is 689 g/mol. The molecule has 0 radical (unpaired) electrons. The third-order valence-electron chi connectivity index (χ3n) is 7.92. The van der Waals surface area contributed by atoms with E-state index in [4.69, 9.17) is 9.57 Å². The van der Waals surface area contributed by atoms with E-state index in [-0.39, 0.29) is 44.1 Å². The molecular formula is C39H67N3O5S. The summed E-state index contributed by atoms with van der Waals surface area (Å²) in [6.07, 6.45) is 1.77. The van der Waals surface area contributed by atoms with Crippen LogP contribution < -0.4 is 4.72 Å². The van der Waals surface area contributed by atoms with Crippen LogP contribution in [0.25, 0.3) is 11.1 Å². The first-order valence-corrected chi connectivity index (χ1v) is 18.3. The molecule has 0 bridgehead atoms. The molecule has 1 saturated heterocycles. The van der Waals surface area contributed by atoms with Gasteiger partial charge in [-0.25, -0.2) is 13.1 Å². The van der Waals surface area contributed by atoms with Gasteiger partial charge >= 0.3 is 0 Å². The number of hydrogen-bond donors (Lipinski definition) is 1. The van der Waals surface area contributed by atoms with Gasteiger partial charge in [-0.05, 0) is 63.0 Å². The zero-order valence-corrected chi connectivity index (χ0v) is 30.9. The van der Waals surface area contributed by atoms with E-state index in [1.165, 1.54) is 11.1 Å². The van der Waals surface area contributed by atoms with Crippen molar-refractivity contribution in [2.75, 3.05) is 26.3 Å². The highest BCUT2D eigenvalue weighted by Crippen LogP contribution is 2.36. The summed E-state index contributed by atoms with van der Waals surface area (Å²) >= 11 is 0. The van der Waals surface area contributed by atoms with E-state index in [0.29, 0.717) is 18.6 Å². The van der Waals surface area contributed by atoms with Crippen molar-refractivity contribution in [1.82, 2.24) is 9.62 Å². The predicted molar refractivity (Wildman–Crippen MR) is 204 cm³/mol. The maximum absolute atomic E-state index is 11.4. The first kappa shape index (κ1) is 45.2. The predicted octanol–water partition coefficient (Wildman–Crippen LogP) is 8.78. The van der Waals surface area contributed by atoms with Crippen molar-refractivity contribution in [3.63, 3.8) is 0 Å². The number of benzene rings is 2. The fourth-order valence-electron chi connectivity index (χ4n) is 4.20. The fraction of sp³-hybridized carbons (Fsp3) is 0.641. The second-order valence-electron chi connectivity index (χ2n) is 14.3. The van der Waals surface area contributed by atoms with Gasteiger partial charge in [0.15, 0.2) is 0 Å². The Kier molecular flexibility index (Phi) is 19.5. The van der Waals surface area contributed by atoms with Crippen LogP contribution in [-0.2, 0) is 24.4 Å². The Balaban J connectivity index is 0.000000646. The molecule has 0 aromatic heterocycles. The minimum Gasteiger partial charge on any atom is -0.393 e. The van der Waals surface area contributed by atoms with Gasteiger partial charge in [0.1, 0.15) is 11.8 Å². The lowest BCUT2D eigenvalue weighted by molar-refractivity contribution is -0.138. The van der Waals surface area contributed by atoms with Gasteiger partial charge in [-0.2, -0.15) is 0 Å². The van der Waals surface area contributed by atoms with Gasteiger partial charge in [-0.15, -0.1) is 0 Å². The van der Waals surface area contributed by atoms with Gasteiger partial charge in [0, 0.05) is 36.2 Å². The van der Waals surface area contributed by atoms with Crippen LogP contribution in [0.2, 0.25) is 0 Å². The standard InChI is InChI=1S/C16H15NO.C8H15NO2.C7H16.C6H13NO2S.2CH4/c1-11(2)18-17-16-14-9-5-3-7-12(14)13-8-4-6-10-15(13)16;1-7(2)8(10)9-3-5-11-6-4-9;1-6(2)7(3,4)5;1-5(2)7-10(8,9)6-3-4-6;;/h3-11H,1-2H3;7H,3-6H2,1-2H3;6H,1-5H3;5-7H,3-4H2,1-2H3;2*1H4. The lowest BCUT2D eigenvalue weighted by Crippen LogP contribution is -2.42. The van der Waals surface area contributed by atoms with Crippen LogP contribution >= 0.6 is 0 Å². The smallest absolute Gasteiger partial charge is 0.225 e. The number of fused-ring (bicyclic) bond motifs is 3. The molecule has 0 atom stereocenters. The molecule has 8 nitrogen and oxygen atoms in total. The fourth-order valence-corrected chi connectivity index (χ4v) is 5.81. The summed E-state index contributed by atoms with van der Waals surface area (Å²) in [6, 6.07) is 16.7. The van der Waals surface area contributed by atoms with E-state index in [9.17, 15) is 13.2 Å². The molecule has 3 aliphatic rings. The molecule has 1 amide bonds. The SMILES string of the molecule is C.C.CC(C)C(=O)N1CCOCC1.CC(C)C(C)(C)C.CC(C)NS(=O)(=O)C1CC1.CC(C)ON=C1c2ccccc2-c2ccccc21. The van der Waals surface area contributed by atoms with Crippen LogP contribution in [-0.4, -0.2) is 68.6 Å². The summed E-state index contributed by atoms with van der Waals surface area (Å²) in [7, 11) is -2.94. The number of nitrogens with zero attached hydrogens (tertiary/aromatic N) is 2. The Hall–Kier alpha value is -2.75. The normalized spacial score (nSPS) is 15.0. The lowest BCUT2D eigenvalue weighted by atomic mass is 9.84. The molecular weight excluding hydrogens is 623 g/mol. The molecule has 0 spiro atoms. The van der Waals surface area contributed by atoms with Gasteiger partial charge in [0.2, 0.25) is 15.9 Å². The van der Waals surface area contributed by atoms with E-state index < -0.39 is 10.0 Å². The molecule has 1 N–H and O–H groups in total. The second kappa shape index (κ2) is 20.7. The van der Waals surface area contributed by atoms with Crippen LogP contribution in [0, 0.1) is 17.3 Å². The van der Waals surface area contributed by atoms with Gasteiger partial charge in [-0.1, -0.05) is 117 Å². The summed E-state index contributed by atoms with van der Waals surface area (Å²) in [4.78, 5) is 18.7. The Bertz CT molecular complexity index is 1320. The maximum atomic E-state index is 11.4. The van der Waals surface area contributed by atoms with Crippen molar-refractivity contribution in [2.24, 2.45) is 22.4 Å². The molecule has 274 valence electrons. The number of oxime groups is 1. The van der Waals surface area contributed by atoms with Crippen LogP contribution in [0.1, 0.15) is 115 Å². The van der Waals surface area contributed by atoms with Crippen LogP contribution in [0.3, 0.4) is 0 Å². The number of morpholine rings is 1. The van der Waals surface area contributed by atoms with Crippen molar-refractivity contribution in [1.29, 1.82) is 0 Å². The summed E-state index contributed by atoms with van der Waals surface area (Å²) in [5, 5.41) is 4.23. The third-order valence-corrected chi connectivity index (χ3v) is 10.1. The number of nitrogens with one attached hydrogen (secondary N) is 1. The molecule has 2 fully saturated rings. The zero-order valence-electron chi connectivity index (χ0n) is 30.1. The molecule has 5 rings (SSSR count). The minimum absolute atomic E-state index is 0. The molecule has 2 aromatic carbocycles. The average Bonchev–Trinajstić information content (AvgIpc) is 3.80. The van der Waals surface area contributed by atoms with Crippen molar-refractivity contribution >= 4 is 21.6 Å². The topological polar surface area (TPSA) is 97.3 Å². The molecule has 0 unspecified atom stereocenters. The van der Waals surface area contributed by atoms with E-state index in [1.807, 2.05) is 58.6 Å². The summed E-state index contributed by atoms with van der Waals surface area (Å²) in [5.74, 6) is 1.16. The number of carbonyl (C=O) groups excluding carboxylic acids is 1. The summed E-state index contributed by atoms with van der Waals surface area (Å²) in [6.45, 7) is 25.7. The van der Waals surface area contributed by atoms with E-state index in [0.717, 1.165) is 48.7 Å².